The van der Waals surface area contributed by atoms with Gasteiger partial charge in [-0.2, -0.15) is 0 Å². The third-order valence-corrected chi connectivity index (χ3v) is 3.55. The van der Waals surface area contributed by atoms with Crippen molar-refractivity contribution in [1.82, 2.24) is 4.90 Å². The summed E-state index contributed by atoms with van der Waals surface area (Å²) in [7, 11) is 1.67. The van der Waals surface area contributed by atoms with Crippen LogP contribution in [0.25, 0.3) is 0 Å². The minimum Gasteiger partial charge on any atom is -0.497 e. The van der Waals surface area contributed by atoms with E-state index in [0.717, 1.165) is 37.6 Å². The van der Waals surface area contributed by atoms with E-state index in [2.05, 4.69) is 11.0 Å². The van der Waals surface area contributed by atoms with Crippen molar-refractivity contribution >= 4 is 11.6 Å². The van der Waals surface area contributed by atoms with Gasteiger partial charge in [-0.15, -0.1) is 0 Å². The Hall–Kier alpha value is -1.75. The summed E-state index contributed by atoms with van der Waals surface area (Å²) < 4.78 is 5.24. The molecule has 1 amide bonds. The summed E-state index contributed by atoms with van der Waals surface area (Å²) in [6.45, 7) is 5.06. The molecule has 1 aliphatic rings. The van der Waals surface area contributed by atoms with Crippen LogP contribution in [0.15, 0.2) is 24.3 Å². The van der Waals surface area contributed by atoms with Gasteiger partial charge in [0.05, 0.1) is 7.11 Å². The van der Waals surface area contributed by atoms with Gasteiger partial charge in [-0.25, -0.2) is 0 Å². The molecule has 0 spiro atoms. The molecular formula is C15H23N3O2. The van der Waals surface area contributed by atoms with Gasteiger partial charge in [-0.1, -0.05) is 6.07 Å². The van der Waals surface area contributed by atoms with Gasteiger partial charge < -0.3 is 20.3 Å². The molecule has 0 aliphatic carbocycles. The van der Waals surface area contributed by atoms with Gasteiger partial charge in [0.2, 0.25) is 5.91 Å². The normalized spacial score (nSPS) is 16.9. The Morgan fingerprint density at radius 3 is 2.65 bits per heavy atom. The molecule has 1 atom stereocenters. The Morgan fingerprint density at radius 1 is 1.35 bits per heavy atom. The van der Waals surface area contributed by atoms with Gasteiger partial charge in [0.15, 0.2) is 0 Å². The number of carbonyl (C=O) groups excluding carboxylic acids is 1. The molecule has 110 valence electrons. The zero-order valence-electron chi connectivity index (χ0n) is 12.2. The first kappa shape index (κ1) is 14.7. The van der Waals surface area contributed by atoms with E-state index < -0.39 is 0 Å². The summed E-state index contributed by atoms with van der Waals surface area (Å²) in [5.41, 5.74) is 6.82. The maximum atomic E-state index is 12.0. The second kappa shape index (κ2) is 6.61. The van der Waals surface area contributed by atoms with Crippen LogP contribution in [0.4, 0.5) is 5.69 Å². The average Bonchev–Trinajstić information content (AvgIpc) is 2.47. The molecule has 20 heavy (non-hydrogen) atoms. The number of anilines is 1. The zero-order chi connectivity index (χ0) is 14.5. The highest BCUT2D eigenvalue weighted by atomic mass is 16.5. The molecular weight excluding hydrogens is 254 g/mol. The summed E-state index contributed by atoms with van der Waals surface area (Å²) in [4.78, 5) is 16.1. The number of hydrogen-bond acceptors (Lipinski definition) is 4. The minimum absolute atomic E-state index is 0.0704. The highest BCUT2D eigenvalue weighted by molar-refractivity contribution is 5.77. The van der Waals surface area contributed by atoms with Crippen LogP contribution in [0.2, 0.25) is 0 Å². The summed E-state index contributed by atoms with van der Waals surface area (Å²) >= 11 is 0. The topological polar surface area (TPSA) is 58.8 Å². The van der Waals surface area contributed by atoms with Gasteiger partial charge in [0.25, 0.3) is 0 Å². The fourth-order valence-corrected chi connectivity index (χ4v) is 2.43. The maximum absolute atomic E-state index is 12.0. The Kier molecular flexibility index (Phi) is 4.84. The molecule has 0 saturated carbocycles. The number of piperazine rings is 1. The highest BCUT2D eigenvalue weighted by Gasteiger charge is 2.21. The van der Waals surface area contributed by atoms with Gasteiger partial charge in [-0.3, -0.25) is 4.79 Å². The monoisotopic (exact) mass is 277 g/mol. The molecule has 2 rings (SSSR count). The van der Waals surface area contributed by atoms with Crippen molar-refractivity contribution in [3.05, 3.63) is 24.3 Å². The van der Waals surface area contributed by atoms with E-state index >= 15 is 0 Å². The van der Waals surface area contributed by atoms with Gasteiger partial charge >= 0.3 is 0 Å². The molecule has 5 heteroatoms. The van der Waals surface area contributed by atoms with Crippen LogP contribution in [-0.2, 0) is 4.79 Å². The SMILES string of the molecule is COc1cccc(N2CCN(C(=O)CC(C)N)CC2)c1. The molecule has 0 aromatic heterocycles. The lowest BCUT2D eigenvalue weighted by atomic mass is 10.2. The van der Waals surface area contributed by atoms with E-state index in [1.807, 2.05) is 30.0 Å². The second-order valence-corrected chi connectivity index (χ2v) is 5.25. The fourth-order valence-electron chi connectivity index (χ4n) is 2.43. The first-order valence-electron chi connectivity index (χ1n) is 7.02. The molecule has 1 unspecified atom stereocenters. The van der Waals surface area contributed by atoms with Crippen molar-refractivity contribution < 1.29 is 9.53 Å². The predicted molar refractivity (Wildman–Crippen MR) is 80.1 cm³/mol. The summed E-state index contributed by atoms with van der Waals surface area (Å²) in [5, 5.41) is 0. The molecule has 0 bridgehead atoms. The van der Waals surface area contributed by atoms with Crippen LogP contribution < -0.4 is 15.4 Å². The molecule has 1 aromatic rings. The predicted octanol–water partition coefficient (Wildman–Crippen LogP) is 1.08. The summed E-state index contributed by atoms with van der Waals surface area (Å²) in [5.74, 6) is 1.02. The molecule has 1 fully saturated rings. The Balaban J connectivity index is 1.92. The first-order chi connectivity index (χ1) is 9.60. The number of carbonyl (C=O) groups is 1. The van der Waals surface area contributed by atoms with Crippen LogP contribution >= 0.6 is 0 Å². The smallest absolute Gasteiger partial charge is 0.224 e. The van der Waals surface area contributed by atoms with Crippen molar-refractivity contribution in [3.63, 3.8) is 0 Å². The van der Waals surface area contributed by atoms with Crippen LogP contribution in [-0.4, -0.2) is 50.1 Å². The fraction of sp³-hybridized carbons (Fsp3) is 0.533. The summed E-state index contributed by atoms with van der Waals surface area (Å²) in [6.07, 6.45) is 0.430. The van der Waals surface area contributed by atoms with E-state index in [4.69, 9.17) is 10.5 Å². The molecule has 1 heterocycles. The Morgan fingerprint density at radius 2 is 2.05 bits per heavy atom. The van der Waals surface area contributed by atoms with E-state index in [-0.39, 0.29) is 11.9 Å². The standard InChI is InChI=1S/C15H23N3O2/c1-12(16)10-15(19)18-8-6-17(7-9-18)13-4-3-5-14(11-13)20-2/h3-5,11-12H,6-10,16H2,1-2H3. The number of methoxy groups -OCH3 is 1. The van der Waals surface area contributed by atoms with E-state index in [0.29, 0.717) is 6.42 Å². The van der Waals surface area contributed by atoms with Crippen LogP contribution in [0.5, 0.6) is 5.75 Å². The number of nitrogens with two attached hydrogens (primary N) is 1. The third kappa shape index (κ3) is 3.63. The number of nitrogens with zero attached hydrogens (tertiary/aromatic N) is 2. The third-order valence-electron chi connectivity index (χ3n) is 3.55. The van der Waals surface area contributed by atoms with E-state index in [9.17, 15) is 4.79 Å². The van der Waals surface area contributed by atoms with Crippen molar-refractivity contribution in [3.8, 4) is 5.75 Å². The Bertz CT molecular complexity index is 454. The lowest BCUT2D eigenvalue weighted by molar-refractivity contribution is -0.131. The summed E-state index contributed by atoms with van der Waals surface area (Å²) in [6, 6.07) is 7.95. The number of rotatable bonds is 4. The minimum atomic E-state index is -0.0704. The Labute approximate surface area is 120 Å². The van der Waals surface area contributed by atoms with E-state index in [1.54, 1.807) is 7.11 Å². The first-order valence-corrected chi connectivity index (χ1v) is 7.02. The molecule has 1 aromatic carbocycles. The quantitative estimate of drug-likeness (QED) is 0.895. The maximum Gasteiger partial charge on any atom is 0.224 e. The van der Waals surface area contributed by atoms with Gasteiger partial charge in [-0.05, 0) is 19.1 Å². The molecule has 0 radical (unpaired) electrons. The van der Waals surface area contributed by atoms with E-state index in [1.165, 1.54) is 0 Å². The van der Waals surface area contributed by atoms with Crippen molar-refractivity contribution in [1.29, 1.82) is 0 Å². The lowest BCUT2D eigenvalue weighted by Gasteiger charge is -2.36. The van der Waals surface area contributed by atoms with Crippen LogP contribution in [0.3, 0.4) is 0 Å². The number of ether oxygens (including phenoxy) is 1. The average molecular weight is 277 g/mol. The number of amides is 1. The zero-order valence-corrected chi connectivity index (χ0v) is 12.2. The molecule has 5 nitrogen and oxygen atoms in total. The van der Waals surface area contributed by atoms with Crippen LogP contribution in [0, 0.1) is 0 Å². The molecule has 1 saturated heterocycles. The van der Waals surface area contributed by atoms with Gasteiger partial charge in [0.1, 0.15) is 5.75 Å². The lowest BCUT2D eigenvalue weighted by Crippen LogP contribution is -2.49. The van der Waals surface area contributed by atoms with Crippen LogP contribution in [0.1, 0.15) is 13.3 Å². The van der Waals surface area contributed by atoms with Gasteiger partial charge in [0, 0.05) is 50.4 Å². The number of benzene rings is 1. The largest absolute Gasteiger partial charge is 0.497 e. The molecule has 2 N–H and O–H groups in total. The highest BCUT2D eigenvalue weighted by Crippen LogP contribution is 2.22. The van der Waals surface area contributed by atoms with Crippen molar-refractivity contribution in [2.24, 2.45) is 5.73 Å². The van der Waals surface area contributed by atoms with Crippen molar-refractivity contribution in [2.45, 2.75) is 19.4 Å². The number of hydrogen-bond donors (Lipinski definition) is 1. The van der Waals surface area contributed by atoms with Crippen molar-refractivity contribution in [2.75, 3.05) is 38.2 Å². The molecule has 1 aliphatic heterocycles. The second-order valence-electron chi connectivity index (χ2n) is 5.25.